The van der Waals surface area contributed by atoms with Crippen LogP contribution >= 0.6 is 11.6 Å². The molecule has 0 unspecified atom stereocenters. The molecule has 2 heterocycles. The maximum absolute atomic E-state index is 12.0. The minimum Gasteiger partial charge on any atom is -0.479 e. The van der Waals surface area contributed by atoms with E-state index in [-0.39, 0.29) is 11.3 Å². The molecule has 8 heteroatoms. The predicted molar refractivity (Wildman–Crippen MR) is 142 cm³/mol. The Balaban J connectivity index is 1.41. The third-order valence-corrected chi connectivity index (χ3v) is 6.55. The number of aromatic nitrogens is 4. The predicted octanol–water partition coefficient (Wildman–Crippen LogP) is 7.68. The number of esters is 1. The number of methoxy groups -OCH3 is 1. The molecule has 198 valence electrons. The van der Waals surface area contributed by atoms with Gasteiger partial charge in [-0.3, -0.25) is 9.48 Å². The standard InChI is InChI=1S/C27H45ClN4O3/c1-3-4-5-6-7-8-9-10-11-12-13-14-15-18-21-35-24(33)19-16-17-20-32-25-23(22-29-32)30-27(28)31-26(25)34-2/h22H,3-21H2,1-2H3. The van der Waals surface area contributed by atoms with Gasteiger partial charge in [0.1, 0.15) is 11.0 Å². The molecule has 0 radical (unpaired) electrons. The van der Waals surface area contributed by atoms with Crippen LogP contribution in [-0.2, 0) is 16.1 Å². The molecule has 0 aliphatic carbocycles. The van der Waals surface area contributed by atoms with E-state index < -0.39 is 0 Å². The largest absolute Gasteiger partial charge is 0.479 e. The number of carbonyl (C=O) groups excluding carboxylic acids is 1. The van der Waals surface area contributed by atoms with Gasteiger partial charge in [-0.2, -0.15) is 10.1 Å². The lowest BCUT2D eigenvalue weighted by atomic mass is 10.0. The van der Waals surface area contributed by atoms with Gasteiger partial charge in [0.15, 0.2) is 0 Å². The van der Waals surface area contributed by atoms with Gasteiger partial charge in [0, 0.05) is 13.0 Å². The Hall–Kier alpha value is -1.89. The molecule has 2 aromatic rings. The summed E-state index contributed by atoms with van der Waals surface area (Å²) < 4.78 is 12.5. The maximum Gasteiger partial charge on any atom is 0.305 e. The van der Waals surface area contributed by atoms with Crippen LogP contribution in [0, 0.1) is 0 Å². The first kappa shape index (κ1) is 29.3. The molecule has 0 bridgehead atoms. The van der Waals surface area contributed by atoms with Gasteiger partial charge in [-0.1, -0.05) is 90.4 Å². The van der Waals surface area contributed by atoms with Crippen molar-refractivity contribution in [3.05, 3.63) is 11.5 Å². The van der Waals surface area contributed by atoms with Crippen LogP contribution in [0.5, 0.6) is 5.88 Å². The number of halogens is 1. The molecule has 0 aliphatic rings. The van der Waals surface area contributed by atoms with Crippen molar-refractivity contribution in [3.8, 4) is 5.88 Å². The fourth-order valence-electron chi connectivity index (χ4n) is 4.34. The van der Waals surface area contributed by atoms with Crippen molar-refractivity contribution < 1.29 is 14.3 Å². The number of hydrogen-bond donors (Lipinski definition) is 0. The SMILES string of the molecule is CCCCCCCCCCCCCCCCOC(=O)CCCCn1ncc2nc(Cl)nc(OC)c21. The van der Waals surface area contributed by atoms with Crippen LogP contribution < -0.4 is 4.74 Å². The van der Waals surface area contributed by atoms with Crippen molar-refractivity contribution in [1.29, 1.82) is 0 Å². The highest BCUT2D eigenvalue weighted by molar-refractivity contribution is 6.28. The van der Waals surface area contributed by atoms with Crippen LogP contribution in [0.1, 0.15) is 116 Å². The summed E-state index contributed by atoms with van der Waals surface area (Å²) in [5.74, 6) is 0.294. The Bertz CT molecular complexity index is 843. The average molecular weight is 509 g/mol. The van der Waals surface area contributed by atoms with Crippen LogP contribution in [0.3, 0.4) is 0 Å². The van der Waals surface area contributed by atoms with Gasteiger partial charge in [-0.25, -0.2) is 4.98 Å². The van der Waals surface area contributed by atoms with Gasteiger partial charge in [0.25, 0.3) is 0 Å². The summed E-state index contributed by atoms with van der Waals surface area (Å²) in [6.45, 7) is 3.46. The van der Waals surface area contributed by atoms with E-state index in [1.807, 2.05) is 0 Å². The third-order valence-electron chi connectivity index (χ3n) is 6.38. The summed E-state index contributed by atoms with van der Waals surface area (Å²) in [6, 6.07) is 0. The average Bonchev–Trinajstić information content (AvgIpc) is 3.26. The van der Waals surface area contributed by atoms with Crippen molar-refractivity contribution in [1.82, 2.24) is 19.7 Å². The van der Waals surface area contributed by atoms with Gasteiger partial charge < -0.3 is 9.47 Å². The number of unbranched alkanes of at least 4 members (excludes halogenated alkanes) is 14. The highest BCUT2D eigenvalue weighted by atomic mass is 35.5. The minimum atomic E-state index is -0.113. The number of hydrogen-bond acceptors (Lipinski definition) is 6. The Morgan fingerprint density at radius 1 is 0.857 bits per heavy atom. The second-order valence-electron chi connectivity index (χ2n) is 9.38. The van der Waals surface area contributed by atoms with Crippen molar-refractivity contribution in [3.63, 3.8) is 0 Å². The summed E-state index contributed by atoms with van der Waals surface area (Å²) in [5, 5.41) is 4.48. The summed E-state index contributed by atoms with van der Waals surface area (Å²) in [5.41, 5.74) is 1.37. The van der Waals surface area contributed by atoms with Crippen LogP contribution in [0.4, 0.5) is 0 Å². The van der Waals surface area contributed by atoms with E-state index in [1.54, 1.807) is 18.0 Å². The van der Waals surface area contributed by atoms with E-state index in [4.69, 9.17) is 21.1 Å². The number of carbonyl (C=O) groups is 1. The number of fused-ring (bicyclic) bond motifs is 1. The van der Waals surface area contributed by atoms with Gasteiger partial charge >= 0.3 is 5.97 Å². The van der Waals surface area contributed by atoms with Crippen molar-refractivity contribution in [2.75, 3.05) is 13.7 Å². The molecule has 0 fully saturated rings. The highest BCUT2D eigenvalue weighted by Crippen LogP contribution is 2.24. The lowest BCUT2D eigenvalue weighted by molar-refractivity contribution is -0.143. The van der Waals surface area contributed by atoms with Gasteiger partial charge in [0.05, 0.1) is 19.9 Å². The molecule has 2 rings (SSSR count). The quantitative estimate of drug-likeness (QED) is 0.0976. The molecule has 0 amide bonds. The van der Waals surface area contributed by atoms with Crippen LogP contribution in [0.25, 0.3) is 11.0 Å². The summed E-state index contributed by atoms with van der Waals surface area (Å²) >= 11 is 5.90. The van der Waals surface area contributed by atoms with Crippen molar-refractivity contribution >= 4 is 28.6 Å². The minimum absolute atomic E-state index is 0.113. The summed E-state index contributed by atoms with van der Waals surface area (Å²) in [4.78, 5) is 20.3. The molecule has 0 N–H and O–H groups in total. The second-order valence-corrected chi connectivity index (χ2v) is 9.72. The zero-order valence-corrected chi connectivity index (χ0v) is 22.7. The second kappa shape index (κ2) is 18.4. The fourth-order valence-corrected chi connectivity index (χ4v) is 4.50. The van der Waals surface area contributed by atoms with Crippen molar-refractivity contribution in [2.45, 2.75) is 123 Å². The molecule has 0 spiro atoms. The molecular formula is C27H45ClN4O3. The number of nitrogens with zero attached hydrogens (tertiary/aromatic N) is 4. The Morgan fingerprint density at radius 3 is 2.06 bits per heavy atom. The smallest absolute Gasteiger partial charge is 0.305 e. The molecule has 0 aromatic carbocycles. The van der Waals surface area contributed by atoms with Crippen LogP contribution in [0.2, 0.25) is 5.28 Å². The topological polar surface area (TPSA) is 79.1 Å². The van der Waals surface area contributed by atoms with E-state index in [0.29, 0.717) is 31.0 Å². The molecule has 35 heavy (non-hydrogen) atoms. The van der Waals surface area contributed by atoms with E-state index in [1.165, 1.54) is 77.0 Å². The first-order valence-electron chi connectivity index (χ1n) is 13.7. The van der Waals surface area contributed by atoms with E-state index >= 15 is 0 Å². The molecule has 7 nitrogen and oxygen atoms in total. The monoisotopic (exact) mass is 508 g/mol. The third kappa shape index (κ3) is 12.1. The van der Waals surface area contributed by atoms with Gasteiger partial charge in [0.2, 0.25) is 11.2 Å². The number of ether oxygens (including phenoxy) is 2. The zero-order valence-electron chi connectivity index (χ0n) is 21.9. The van der Waals surface area contributed by atoms with E-state index in [9.17, 15) is 4.79 Å². The van der Waals surface area contributed by atoms with E-state index in [0.717, 1.165) is 31.2 Å². The maximum atomic E-state index is 12.0. The number of rotatable bonds is 21. The first-order valence-corrected chi connectivity index (χ1v) is 14.1. The van der Waals surface area contributed by atoms with Crippen LogP contribution in [-0.4, -0.2) is 39.4 Å². The Labute approximate surface area is 216 Å². The number of aryl methyl sites for hydroxylation is 1. The summed E-state index contributed by atoms with van der Waals surface area (Å²) in [7, 11) is 1.55. The molecule has 0 atom stereocenters. The fraction of sp³-hybridized carbons (Fsp3) is 0.778. The lowest BCUT2D eigenvalue weighted by Crippen LogP contribution is -2.07. The molecule has 2 aromatic heterocycles. The zero-order chi connectivity index (χ0) is 25.1. The van der Waals surface area contributed by atoms with E-state index in [2.05, 4.69) is 22.0 Å². The van der Waals surface area contributed by atoms with Gasteiger partial charge in [-0.15, -0.1) is 0 Å². The highest BCUT2D eigenvalue weighted by Gasteiger charge is 2.13. The normalized spacial score (nSPS) is 11.3. The molecule has 0 saturated carbocycles. The molecule has 0 saturated heterocycles. The Morgan fingerprint density at radius 2 is 1.46 bits per heavy atom. The lowest BCUT2D eigenvalue weighted by Gasteiger charge is -2.07. The van der Waals surface area contributed by atoms with Crippen LogP contribution in [0.15, 0.2) is 6.20 Å². The van der Waals surface area contributed by atoms with Gasteiger partial charge in [-0.05, 0) is 30.9 Å². The Kier molecular flexibility index (Phi) is 15.4. The first-order chi connectivity index (χ1) is 17.2. The molecular weight excluding hydrogens is 464 g/mol. The molecule has 0 aliphatic heterocycles. The van der Waals surface area contributed by atoms with Crippen molar-refractivity contribution in [2.24, 2.45) is 0 Å². The summed E-state index contributed by atoms with van der Waals surface area (Å²) in [6.07, 6.45) is 22.2.